The molecule has 0 aliphatic rings. The van der Waals surface area contributed by atoms with E-state index in [1.807, 2.05) is 0 Å². The number of rotatable bonds is 2. The van der Waals surface area contributed by atoms with Gasteiger partial charge in [-0.05, 0) is 13.8 Å². The molecule has 66 valence electrons. The largest absolute Gasteiger partial charge is 0.468 e. The van der Waals surface area contributed by atoms with Crippen LogP contribution >= 0.6 is 0 Å². The second-order valence-electron chi connectivity index (χ2n) is 2.44. The summed E-state index contributed by atoms with van der Waals surface area (Å²) in [6, 6.07) is 0. The number of carbonyl (C=O) groups is 1. The van der Waals surface area contributed by atoms with E-state index in [2.05, 4.69) is 4.74 Å². The molecule has 0 bridgehead atoms. The molecule has 0 aromatic rings. The summed E-state index contributed by atoms with van der Waals surface area (Å²) in [6.07, 6.45) is 0. The quantitative estimate of drug-likeness (QED) is 0.455. The molecule has 0 aliphatic heterocycles. The first-order chi connectivity index (χ1) is 4.73. The van der Waals surface area contributed by atoms with E-state index in [9.17, 15) is 17.1 Å². The average molecular weight is 184 g/mol. The van der Waals surface area contributed by atoms with Crippen molar-refractivity contribution in [3.05, 3.63) is 0 Å². The molecule has 0 amide bonds. The Kier molecular flexibility index (Phi) is 2.60. The first-order valence-corrected chi connectivity index (χ1v) is 4.14. The Hall–Kier alpha value is -0.650. The van der Waals surface area contributed by atoms with E-state index < -0.39 is 20.9 Å². The van der Waals surface area contributed by atoms with Crippen LogP contribution in [0.15, 0.2) is 0 Å². The minimum absolute atomic E-state index is 0.939. The number of carbonyl (C=O) groups excluding carboxylic acids is 1. The van der Waals surface area contributed by atoms with Crippen LogP contribution in [0.4, 0.5) is 3.89 Å². The maximum absolute atomic E-state index is 12.3. The number of ether oxygens (including phenoxy) is 1. The SMILES string of the molecule is COC(=O)C(C)(C)S(=O)(=O)F. The van der Waals surface area contributed by atoms with E-state index in [0.717, 1.165) is 21.0 Å². The Morgan fingerprint density at radius 3 is 1.91 bits per heavy atom. The van der Waals surface area contributed by atoms with Crippen LogP contribution < -0.4 is 0 Å². The zero-order valence-electron chi connectivity index (χ0n) is 6.42. The first-order valence-electron chi connectivity index (χ1n) is 2.76. The van der Waals surface area contributed by atoms with E-state index >= 15 is 0 Å². The van der Waals surface area contributed by atoms with Crippen molar-refractivity contribution < 1.29 is 21.8 Å². The highest BCUT2D eigenvalue weighted by atomic mass is 32.3. The Morgan fingerprint density at radius 2 is 1.82 bits per heavy atom. The number of esters is 1. The fraction of sp³-hybridized carbons (Fsp3) is 0.800. The minimum Gasteiger partial charge on any atom is -0.468 e. The average Bonchev–Trinajstić information content (AvgIpc) is 1.83. The second kappa shape index (κ2) is 2.77. The van der Waals surface area contributed by atoms with Crippen molar-refractivity contribution >= 4 is 16.2 Å². The number of hydrogen-bond donors (Lipinski definition) is 0. The molecule has 0 saturated carbocycles. The van der Waals surface area contributed by atoms with Crippen LogP contribution in [0.25, 0.3) is 0 Å². The van der Waals surface area contributed by atoms with Crippen molar-refractivity contribution in [1.29, 1.82) is 0 Å². The summed E-state index contributed by atoms with van der Waals surface area (Å²) in [6.45, 7) is 1.88. The van der Waals surface area contributed by atoms with Crippen molar-refractivity contribution in [2.75, 3.05) is 7.11 Å². The highest BCUT2D eigenvalue weighted by Gasteiger charge is 2.43. The van der Waals surface area contributed by atoms with E-state index in [-0.39, 0.29) is 0 Å². The zero-order valence-corrected chi connectivity index (χ0v) is 7.24. The molecule has 11 heavy (non-hydrogen) atoms. The summed E-state index contributed by atoms with van der Waals surface area (Å²) in [4.78, 5) is 10.6. The topological polar surface area (TPSA) is 60.4 Å². The van der Waals surface area contributed by atoms with Crippen LogP contribution in [0.3, 0.4) is 0 Å². The lowest BCUT2D eigenvalue weighted by Gasteiger charge is -2.15. The molecule has 0 heterocycles. The lowest BCUT2D eigenvalue weighted by atomic mass is 10.2. The fourth-order valence-electron chi connectivity index (χ4n) is 0.345. The highest BCUT2D eigenvalue weighted by Crippen LogP contribution is 2.19. The van der Waals surface area contributed by atoms with Gasteiger partial charge in [0.1, 0.15) is 0 Å². The van der Waals surface area contributed by atoms with Gasteiger partial charge in [-0.2, -0.15) is 8.42 Å². The standard InChI is InChI=1S/C5H9FO4S/c1-5(2,4(7)10-3)11(6,8)9/h1-3H3. The van der Waals surface area contributed by atoms with Gasteiger partial charge in [-0.25, -0.2) is 0 Å². The van der Waals surface area contributed by atoms with Crippen molar-refractivity contribution in [2.45, 2.75) is 18.6 Å². The van der Waals surface area contributed by atoms with Gasteiger partial charge in [-0.3, -0.25) is 4.79 Å². The Balaban J connectivity index is 4.90. The Labute approximate surface area is 64.6 Å². The lowest BCUT2D eigenvalue weighted by molar-refractivity contribution is -0.142. The molecule has 0 aromatic heterocycles. The maximum atomic E-state index is 12.3. The summed E-state index contributed by atoms with van der Waals surface area (Å²) >= 11 is 0. The van der Waals surface area contributed by atoms with Crippen LogP contribution in [0.5, 0.6) is 0 Å². The van der Waals surface area contributed by atoms with Gasteiger partial charge in [0.15, 0.2) is 4.75 Å². The van der Waals surface area contributed by atoms with Crippen LogP contribution in [-0.4, -0.2) is 26.2 Å². The predicted molar refractivity (Wildman–Crippen MR) is 36.1 cm³/mol. The smallest absolute Gasteiger partial charge is 0.329 e. The van der Waals surface area contributed by atoms with E-state index in [0.29, 0.717) is 0 Å². The van der Waals surface area contributed by atoms with Gasteiger partial charge < -0.3 is 4.74 Å². The summed E-state index contributed by atoms with van der Waals surface area (Å²) in [7, 11) is -3.89. The molecule has 0 radical (unpaired) electrons. The molecule has 0 aromatic carbocycles. The minimum atomic E-state index is -4.89. The van der Waals surface area contributed by atoms with Crippen LogP contribution in [0, 0.1) is 0 Å². The van der Waals surface area contributed by atoms with Gasteiger partial charge in [-0.1, -0.05) is 0 Å². The summed E-state index contributed by atoms with van der Waals surface area (Å²) in [5.41, 5.74) is 0. The third kappa shape index (κ3) is 1.89. The molecule has 0 aliphatic carbocycles. The first kappa shape index (κ1) is 10.3. The second-order valence-corrected chi connectivity index (χ2v) is 4.34. The molecule has 0 fully saturated rings. The monoisotopic (exact) mass is 184 g/mol. The summed E-state index contributed by atoms with van der Waals surface area (Å²) < 4.78 is 34.8. The Bertz CT molecular complexity index is 254. The van der Waals surface area contributed by atoms with Gasteiger partial charge in [0.05, 0.1) is 7.11 Å². The molecule has 4 nitrogen and oxygen atoms in total. The van der Waals surface area contributed by atoms with Crippen molar-refractivity contribution in [2.24, 2.45) is 0 Å². The molecular weight excluding hydrogens is 175 g/mol. The van der Waals surface area contributed by atoms with Gasteiger partial charge in [0.25, 0.3) is 0 Å². The van der Waals surface area contributed by atoms with Crippen LogP contribution in [0.1, 0.15) is 13.8 Å². The number of hydrogen-bond acceptors (Lipinski definition) is 4. The maximum Gasteiger partial charge on any atom is 0.329 e. The lowest BCUT2D eigenvalue weighted by Crippen LogP contribution is -2.39. The number of methoxy groups -OCH3 is 1. The molecular formula is C5H9FO4S. The van der Waals surface area contributed by atoms with Crippen molar-refractivity contribution in [3.8, 4) is 0 Å². The van der Waals surface area contributed by atoms with Crippen LogP contribution in [0.2, 0.25) is 0 Å². The molecule has 0 saturated heterocycles. The normalized spacial score (nSPS) is 12.7. The third-order valence-corrected chi connectivity index (χ3v) is 2.67. The highest BCUT2D eigenvalue weighted by molar-refractivity contribution is 7.88. The predicted octanol–water partition coefficient (Wildman–Crippen LogP) is 0.237. The number of halogens is 1. The molecule has 6 heteroatoms. The summed E-state index contributed by atoms with van der Waals surface area (Å²) in [5, 5.41) is 0. The molecule has 0 unspecified atom stereocenters. The van der Waals surface area contributed by atoms with Crippen molar-refractivity contribution in [1.82, 2.24) is 0 Å². The van der Waals surface area contributed by atoms with Crippen LogP contribution in [-0.2, 0) is 19.8 Å². The summed E-state index contributed by atoms with van der Waals surface area (Å²) in [5.74, 6) is -1.11. The fourth-order valence-corrected chi connectivity index (χ4v) is 0.628. The van der Waals surface area contributed by atoms with Gasteiger partial charge in [0.2, 0.25) is 0 Å². The van der Waals surface area contributed by atoms with Crippen molar-refractivity contribution in [3.63, 3.8) is 0 Å². The van der Waals surface area contributed by atoms with E-state index in [4.69, 9.17) is 0 Å². The zero-order chi connectivity index (χ0) is 9.28. The Morgan fingerprint density at radius 1 is 1.45 bits per heavy atom. The van der Waals surface area contributed by atoms with Gasteiger partial charge >= 0.3 is 16.2 Å². The van der Waals surface area contributed by atoms with Gasteiger partial charge in [-0.15, -0.1) is 3.89 Å². The molecule has 0 atom stereocenters. The molecule has 0 spiro atoms. The molecule has 0 N–H and O–H groups in total. The molecule has 0 rings (SSSR count). The third-order valence-electron chi connectivity index (χ3n) is 1.29. The van der Waals surface area contributed by atoms with Gasteiger partial charge in [0, 0.05) is 0 Å². The van der Waals surface area contributed by atoms with E-state index in [1.165, 1.54) is 0 Å². The van der Waals surface area contributed by atoms with E-state index in [1.54, 1.807) is 0 Å².